The van der Waals surface area contributed by atoms with Crippen molar-refractivity contribution in [2.75, 3.05) is 18.5 Å². The van der Waals surface area contributed by atoms with Gasteiger partial charge in [-0.15, -0.1) is 0 Å². The molecule has 0 bridgehead atoms. The normalized spacial score (nSPS) is 16.5. The molecule has 2 rings (SSSR count). The molecule has 1 aliphatic heterocycles. The Labute approximate surface area is 114 Å². The van der Waals surface area contributed by atoms with Crippen molar-refractivity contribution >= 4 is 16.8 Å². The zero-order valence-corrected chi connectivity index (χ0v) is 11.8. The third kappa shape index (κ3) is 2.82. The molecule has 0 saturated carbocycles. The van der Waals surface area contributed by atoms with Crippen LogP contribution in [0.4, 0.5) is 5.69 Å². The molecule has 0 aliphatic carbocycles. The zero-order valence-electron chi connectivity index (χ0n) is 9.03. The van der Waals surface area contributed by atoms with Gasteiger partial charge in [0, 0.05) is 24.2 Å². The fraction of sp³-hybridized carbons (Fsp3) is 0.400. The fourth-order valence-electron chi connectivity index (χ4n) is 1.84. The van der Waals surface area contributed by atoms with E-state index in [9.17, 15) is 8.76 Å². The summed E-state index contributed by atoms with van der Waals surface area (Å²) in [4.78, 5) is 2.48. The van der Waals surface area contributed by atoms with Crippen molar-refractivity contribution < 1.29 is 38.3 Å². The second-order valence-electron chi connectivity index (χ2n) is 3.55. The van der Waals surface area contributed by atoms with Crippen LogP contribution in [0.3, 0.4) is 0 Å². The topological polar surface area (TPSA) is 43.4 Å². The number of hydrogen-bond donors (Lipinski definition) is 0. The van der Waals surface area contributed by atoms with Gasteiger partial charge in [0.15, 0.2) is 0 Å². The summed E-state index contributed by atoms with van der Waals surface area (Å²) in [6.07, 6.45) is 2.19. The summed E-state index contributed by atoms with van der Waals surface area (Å²) >= 11 is -2.12. The van der Waals surface area contributed by atoms with Crippen LogP contribution in [0.5, 0.6) is 0 Å². The zero-order chi connectivity index (χ0) is 10.1. The molecule has 3 nitrogen and oxygen atoms in total. The monoisotopic (exact) mass is 233 g/mol. The predicted octanol–water partition coefficient (Wildman–Crippen LogP) is -1.69. The Morgan fingerprint density at radius 3 is 2.87 bits per heavy atom. The number of fused-ring (bicyclic) bond motifs is 1. The van der Waals surface area contributed by atoms with E-state index < -0.39 is 11.1 Å². The molecule has 15 heavy (non-hydrogen) atoms. The maximum absolute atomic E-state index is 10.8. The van der Waals surface area contributed by atoms with Gasteiger partial charge in [0.2, 0.25) is 0 Å². The van der Waals surface area contributed by atoms with Crippen LogP contribution in [0.15, 0.2) is 23.1 Å². The number of rotatable bonds is 1. The van der Waals surface area contributed by atoms with Crippen molar-refractivity contribution in [1.82, 2.24) is 0 Å². The maximum Gasteiger partial charge on any atom is 1.00 e. The molecule has 0 aromatic heterocycles. The molecule has 0 amide bonds. The van der Waals surface area contributed by atoms with E-state index >= 15 is 0 Å². The first-order valence-electron chi connectivity index (χ1n) is 4.62. The van der Waals surface area contributed by atoms with Gasteiger partial charge < -0.3 is 9.45 Å². The van der Waals surface area contributed by atoms with Crippen molar-refractivity contribution in [3.8, 4) is 0 Å². The molecule has 1 aromatic carbocycles. The van der Waals surface area contributed by atoms with Crippen LogP contribution < -0.4 is 34.5 Å². The second kappa shape index (κ2) is 5.46. The number of aryl methyl sites for hydroxylation is 1. The average Bonchev–Trinajstić information content (AvgIpc) is 2.18. The summed E-state index contributed by atoms with van der Waals surface area (Å²) in [6.45, 7) is 1.00. The molecule has 0 N–H and O–H groups in total. The molecule has 5 heteroatoms. The van der Waals surface area contributed by atoms with Crippen molar-refractivity contribution in [2.45, 2.75) is 17.7 Å². The van der Waals surface area contributed by atoms with E-state index in [1.807, 2.05) is 13.1 Å². The van der Waals surface area contributed by atoms with Crippen LogP contribution in [0.1, 0.15) is 12.0 Å². The van der Waals surface area contributed by atoms with Gasteiger partial charge >= 0.3 is 29.6 Å². The molecule has 1 aromatic rings. The summed E-state index contributed by atoms with van der Waals surface area (Å²) in [5.41, 5.74) is 2.30. The van der Waals surface area contributed by atoms with Crippen LogP contribution in [-0.4, -0.2) is 22.4 Å². The molecule has 1 aliphatic rings. The first kappa shape index (κ1) is 13.2. The molecule has 1 unspecified atom stereocenters. The summed E-state index contributed by atoms with van der Waals surface area (Å²) < 4.78 is 21.5. The third-order valence-electron chi connectivity index (χ3n) is 2.60. The summed E-state index contributed by atoms with van der Waals surface area (Å²) in [5, 5.41) is 0. The number of nitrogens with zero attached hydrogens (tertiary/aromatic N) is 1. The number of hydrogen-bond acceptors (Lipinski definition) is 3. The molecule has 1 heterocycles. The first-order valence-corrected chi connectivity index (χ1v) is 5.69. The molecule has 0 fully saturated rings. The van der Waals surface area contributed by atoms with Crippen LogP contribution in [0.25, 0.3) is 0 Å². The largest absolute Gasteiger partial charge is 1.00 e. The van der Waals surface area contributed by atoms with Gasteiger partial charge in [0.25, 0.3) is 0 Å². The Kier molecular flexibility index (Phi) is 4.80. The number of benzene rings is 1. The smallest absolute Gasteiger partial charge is 0.768 e. The van der Waals surface area contributed by atoms with E-state index in [2.05, 4.69) is 4.90 Å². The minimum Gasteiger partial charge on any atom is -0.768 e. The molecule has 1 atom stereocenters. The van der Waals surface area contributed by atoms with Crippen LogP contribution in [0, 0.1) is 0 Å². The SMILES string of the molecule is CN1CCCc2ccc(S(=O)[O-])cc21.[Na+]. The Morgan fingerprint density at radius 2 is 2.20 bits per heavy atom. The Balaban J connectivity index is 0.00000112. The van der Waals surface area contributed by atoms with Gasteiger partial charge in [0.05, 0.1) is 0 Å². The van der Waals surface area contributed by atoms with Gasteiger partial charge in [-0.05, 0) is 41.6 Å². The van der Waals surface area contributed by atoms with E-state index in [4.69, 9.17) is 0 Å². The van der Waals surface area contributed by atoms with Crippen LogP contribution >= 0.6 is 0 Å². The minimum absolute atomic E-state index is 0. The van der Waals surface area contributed by atoms with Crippen molar-refractivity contribution in [3.05, 3.63) is 23.8 Å². The minimum atomic E-state index is -2.12. The first-order chi connectivity index (χ1) is 6.68. The van der Waals surface area contributed by atoms with Gasteiger partial charge in [0.1, 0.15) is 0 Å². The van der Waals surface area contributed by atoms with Crippen LogP contribution in [-0.2, 0) is 17.5 Å². The van der Waals surface area contributed by atoms with Gasteiger partial charge in [-0.3, -0.25) is 4.21 Å². The molecule has 0 saturated heterocycles. The Hall–Kier alpha value is 0.130. The van der Waals surface area contributed by atoms with Crippen molar-refractivity contribution in [1.29, 1.82) is 0 Å². The quantitative estimate of drug-likeness (QED) is 0.429. The van der Waals surface area contributed by atoms with E-state index in [1.165, 1.54) is 5.56 Å². The van der Waals surface area contributed by atoms with E-state index in [-0.39, 0.29) is 29.6 Å². The van der Waals surface area contributed by atoms with E-state index in [0.717, 1.165) is 25.1 Å². The van der Waals surface area contributed by atoms with Gasteiger partial charge in [-0.2, -0.15) is 0 Å². The second-order valence-corrected chi connectivity index (χ2v) is 4.49. The van der Waals surface area contributed by atoms with Crippen molar-refractivity contribution in [3.63, 3.8) is 0 Å². The molecular formula is C10H12NNaO2S. The average molecular weight is 233 g/mol. The molecule has 0 radical (unpaired) electrons. The molecule has 0 spiro atoms. The summed E-state index contributed by atoms with van der Waals surface area (Å²) in [7, 11) is 2.00. The van der Waals surface area contributed by atoms with Crippen LogP contribution in [0.2, 0.25) is 0 Å². The molecule has 76 valence electrons. The third-order valence-corrected chi connectivity index (χ3v) is 3.24. The maximum atomic E-state index is 10.8. The molecular weight excluding hydrogens is 221 g/mol. The van der Waals surface area contributed by atoms with Crippen molar-refractivity contribution in [2.24, 2.45) is 0 Å². The number of anilines is 1. The predicted molar refractivity (Wildman–Crippen MR) is 55.2 cm³/mol. The standard InChI is InChI=1S/C10H13NO2S.Na/c1-11-6-2-3-8-4-5-9(14(12)13)7-10(8)11;/h4-5,7H,2-3,6H2,1H3,(H,12,13);/q;+1/p-1. The van der Waals surface area contributed by atoms with E-state index in [0.29, 0.717) is 4.90 Å². The van der Waals surface area contributed by atoms with E-state index in [1.54, 1.807) is 12.1 Å². The summed E-state index contributed by atoms with van der Waals surface area (Å²) in [6, 6.07) is 5.33. The van der Waals surface area contributed by atoms with Gasteiger partial charge in [-0.25, -0.2) is 0 Å². The summed E-state index contributed by atoms with van der Waals surface area (Å²) in [5.74, 6) is 0. The van der Waals surface area contributed by atoms with Gasteiger partial charge in [-0.1, -0.05) is 6.07 Å². The Bertz CT molecular complexity index is 384. The Morgan fingerprint density at radius 1 is 1.47 bits per heavy atom. The fourth-order valence-corrected chi connectivity index (χ4v) is 2.23.